The minimum Gasteiger partial charge on any atom is -0.394 e. The van der Waals surface area contributed by atoms with E-state index in [0.29, 0.717) is 6.54 Å². The highest BCUT2D eigenvalue weighted by Crippen LogP contribution is 2.17. The van der Waals surface area contributed by atoms with E-state index in [9.17, 15) is 4.79 Å². The minimum absolute atomic E-state index is 0.0720. The van der Waals surface area contributed by atoms with Crippen molar-refractivity contribution in [2.75, 3.05) is 33.0 Å². The first-order valence-electron chi connectivity index (χ1n) is 4.34. The molecule has 1 unspecified atom stereocenters. The van der Waals surface area contributed by atoms with E-state index in [1.165, 1.54) is 11.9 Å². The average Bonchev–Trinajstić information content (AvgIpc) is 2.02. The van der Waals surface area contributed by atoms with Crippen LogP contribution >= 0.6 is 11.9 Å². The molecule has 0 saturated carbocycles. The maximum Gasteiger partial charge on any atom is 0.238 e. The van der Waals surface area contributed by atoms with E-state index in [1.54, 1.807) is 4.90 Å². The molecule has 1 aliphatic heterocycles. The van der Waals surface area contributed by atoms with Crippen LogP contribution in [0.25, 0.3) is 0 Å². The maximum atomic E-state index is 11.5. The molecule has 0 aromatic rings. The lowest BCUT2D eigenvalue weighted by Gasteiger charge is -2.40. The van der Waals surface area contributed by atoms with Crippen molar-refractivity contribution in [1.29, 1.82) is 0 Å². The first-order chi connectivity index (χ1) is 6.19. The Morgan fingerprint density at radius 2 is 2.46 bits per heavy atom. The van der Waals surface area contributed by atoms with Crippen LogP contribution in [0.2, 0.25) is 0 Å². The van der Waals surface area contributed by atoms with Crippen molar-refractivity contribution >= 4 is 17.9 Å². The Balaban J connectivity index is 2.31. The number of hydrogen-bond donors (Lipinski definition) is 1. The Bertz CT molecular complexity index is 187. The summed E-state index contributed by atoms with van der Waals surface area (Å²) < 4.78 is 1.88. The predicted octanol–water partition coefficient (Wildman–Crippen LogP) is -0.211. The summed E-state index contributed by atoms with van der Waals surface area (Å²) in [5.41, 5.74) is 0. The number of aliphatic hydroxyl groups excluding tert-OH is 1. The van der Waals surface area contributed by atoms with Crippen LogP contribution in [0.15, 0.2) is 0 Å². The Hall–Kier alpha value is -0.260. The molecule has 0 aliphatic carbocycles. The third-order valence-corrected chi connectivity index (χ3v) is 3.10. The number of likely N-dealkylation sites (N-methyl/N-ethyl adjacent to an activating group) is 1. The van der Waals surface area contributed by atoms with Gasteiger partial charge in [-0.15, -0.1) is 0 Å². The van der Waals surface area contributed by atoms with Gasteiger partial charge >= 0.3 is 0 Å². The van der Waals surface area contributed by atoms with Crippen LogP contribution in [0.3, 0.4) is 0 Å². The smallest absolute Gasteiger partial charge is 0.238 e. The lowest BCUT2D eigenvalue weighted by molar-refractivity contribution is -0.140. The molecule has 1 saturated heterocycles. The van der Waals surface area contributed by atoms with Crippen LogP contribution in [0.5, 0.6) is 0 Å². The zero-order valence-electron chi connectivity index (χ0n) is 8.06. The molecule has 0 radical (unpaired) electrons. The molecule has 4 nitrogen and oxygen atoms in total. The second kappa shape index (κ2) is 4.83. The molecular weight excluding hydrogens is 188 g/mol. The quantitative estimate of drug-likeness (QED) is 0.644. The van der Waals surface area contributed by atoms with Crippen molar-refractivity contribution in [1.82, 2.24) is 9.21 Å². The number of nitrogens with zero attached hydrogens (tertiary/aromatic N) is 2. The number of aliphatic hydroxyl groups is 1. The highest BCUT2D eigenvalue weighted by atomic mass is 32.2. The summed E-state index contributed by atoms with van der Waals surface area (Å²) >= 11 is 1.54. The van der Waals surface area contributed by atoms with Gasteiger partial charge in [0.25, 0.3) is 0 Å². The van der Waals surface area contributed by atoms with Crippen LogP contribution in [-0.4, -0.2) is 59.3 Å². The summed E-state index contributed by atoms with van der Waals surface area (Å²) in [7, 11) is 1.89. The van der Waals surface area contributed by atoms with Gasteiger partial charge < -0.3 is 10.0 Å². The van der Waals surface area contributed by atoms with Crippen molar-refractivity contribution in [2.24, 2.45) is 0 Å². The fourth-order valence-electron chi connectivity index (χ4n) is 1.30. The molecule has 13 heavy (non-hydrogen) atoms. The lowest BCUT2D eigenvalue weighted by atomic mass is 10.0. The zero-order chi connectivity index (χ0) is 9.84. The van der Waals surface area contributed by atoms with E-state index >= 15 is 0 Å². The van der Waals surface area contributed by atoms with Crippen LogP contribution in [-0.2, 0) is 4.79 Å². The Labute approximate surface area is 83.0 Å². The van der Waals surface area contributed by atoms with Gasteiger partial charge in [0.15, 0.2) is 0 Å². The Morgan fingerprint density at radius 3 is 2.85 bits per heavy atom. The number of carbonyl (C=O) groups is 1. The van der Waals surface area contributed by atoms with Crippen molar-refractivity contribution < 1.29 is 9.90 Å². The van der Waals surface area contributed by atoms with E-state index in [2.05, 4.69) is 0 Å². The van der Waals surface area contributed by atoms with Crippen molar-refractivity contribution in [2.45, 2.75) is 12.5 Å². The fraction of sp³-hybridized carbons (Fsp3) is 0.875. The maximum absolute atomic E-state index is 11.5. The first kappa shape index (κ1) is 10.8. The molecule has 1 fully saturated rings. The normalized spacial score (nSPS) is 21.8. The van der Waals surface area contributed by atoms with E-state index in [-0.39, 0.29) is 18.6 Å². The van der Waals surface area contributed by atoms with E-state index in [1.807, 2.05) is 17.6 Å². The molecule has 5 heteroatoms. The standard InChI is InChI=1S/C8H16N2O2S/c1-9(13-2)5-8(12)10-4-3-7(10)6-11/h7,11H,3-6H2,1-2H3. The molecule has 1 N–H and O–H groups in total. The molecule has 0 aromatic heterocycles. The van der Waals surface area contributed by atoms with Gasteiger partial charge in [-0.3, -0.25) is 4.79 Å². The van der Waals surface area contributed by atoms with E-state index < -0.39 is 0 Å². The molecule has 1 aliphatic rings. The van der Waals surface area contributed by atoms with Gasteiger partial charge in [0, 0.05) is 6.54 Å². The summed E-state index contributed by atoms with van der Waals surface area (Å²) in [5, 5.41) is 8.88. The molecule has 1 amide bonds. The Kier molecular flexibility index (Phi) is 4.02. The van der Waals surface area contributed by atoms with Gasteiger partial charge in [0.05, 0.1) is 19.2 Å². The van der Waals surface area contributed by atoms with E-state index in [4.69, 9.17) is 5.11 Å². The van der Waals surface area contributed by atoms with Crippen molar-refractivity contribution in [3.63, 3.8) is 0 Å². The van der Waals surface area contributed by atoms with Crippen LogP contribution < -0.4 is 0 Å². The summed E-state index contributed by atoms with van der Waals surface area (Å²) in [6.07, 6.45) is 2.87. The highest BCUT2D eigenvalue weighted by molar-refractivity contribution is 7.96. The monoisotopic (exact) mass is 204 g/mol. The van der Waals surface area contributed by atoms with Gasteiger partial charge in [-0.05, 0) is 19.7 Å². The summed E-state index contributed by atoms with van der Waals surface area (Å²) in [5.74, 6) is 0.113. The lowest BCUT2D eigenvalue weighted by Crippen LogP contribution is -2.54. The minimum atomic E-state index is 0.0720. The second-order valence-electron chi connectivity index (χ2n) is 3.18. The number of likely N-dealkylation sites (tertiary alicyclic amines) is 1. The summed E-state index contributed by atoms with van der Waals surface area (Å²) in [6.45, 7) is 1.32. The Morgan fingerprint density at radius 1 is 1.77 bits per heavy atom. The zero-order valence-corrected chi connectivity index (χ0v) is 8.88. The first-order valence-corrected chi connectivity index (χ1v) is 5.52. The molecule has 1 rings (SSSR count). The number of rotatable bonds is 4. The average molecular weight is 204 g/mol. The van der Waals surface area contributed by atoms with Crippen molar-refractivity contribution in [3.05, 3.63) is 0 Å². The van der Waals surface area contributed by atoms with Crippen molar-refractivity contribution in [3.8, 4) is 0 Å². The second-order valence-corrected chi connectivity index (χ2v) is 4.17. The molecule has 1 heterocycles. The number of amides is 1. The molecule has 76 valence electrons. The van der Waals surface area contributed by atoms with Gasteiger partial charge in [0.2, 0.25) is 5.91 Å². The SMILES string of the molecule is CSN(C)CC(=O)N1CCC1CO. The number of hydrogen-bond acceptors (Lipinski definition) is 4. The molecular formula is C8H16N2O2S. The van der Waals surface area contributed by atoms with Crippen LogP contribution in [0.4, 0.5) is 0 Å². The van der Waals surface area contributed by atoms with Gasteiger partial charge in [-0.25, -0.2) is 4.31 Å². The largest absolute Gasteiger partial charge is 0.394 e. The summed E-state index contributed by atoms with van der Waals surface area (Å²) in [6, 6.07) is 0.0720. The third-order valence-electron chi connectivity index (χ3n) is 2.34. The van der Waals surface area contributed by atoms with Gasteiger partial charge in [-0.2, -0.15) is 0 Å². The topological polar surface area (TPSA) is 43.8 Å². The molecule has 1 atom stereocenters. The highest BCUT2D eigenvalue weighted by Gasteiger charge is 2.31. The third kappa shape index (κ3) is 2.59. The fourth-order valence-corrected chi connectivity index (χ4v) is 1.54. The number of carbonyl (C=O) groups excluding carboxylic acids is 1. The van der Waals surface area contributed by atoms with Gasteiger partial charge in [0.1, 0.15) is 0 Å². The van der Waals surface area contributed by atoms with Crippen LogP contribution in [0.1, 0.15) is 6.42 Å². The molecule has 0 spiro atoms. The predicted molar refractivity (Wildman–Crippen MR) is 53.3 cm³/mol. The molecule has 0 bridgehead atoms. The van der Waals surface area contributed by atoms with Gasteiger partial charge in [-0.1, -0.05) is 11.9 Å². The molecule has 0 aromatic carbocycles. The van der Waals surface area contributed by atoms with Crippen LogP contribution in [0, 0.1) is 0 Å². The summed E-state index contributed by atoms with van der Waals surface area (Å²) in [4.78, 5) is 13.3. The van der Waals surface area contributed by atoms with E-state index in [0.717, 1.165) is 13.0 Å².